The minimum absolute atomic E-state index is 0.415. The van der Waals surface area contributed by atoms with Crippen molar-refractivity contribution in [2.45, 2.75) is 25.4 Å². The number of alkyl halides is 4. The lowest BCUT2D eigenvalue weighted by atomic mass is 9.97. The van der Waals surface area contributed by atoms with Crippen molar-refractivity contribution in [1.29, 1.82) is 0 Å². The molecule has 0 spiro atoms. The summed E-state index contributed by atoms with van der Waals surface area (Å²) in [5.41, 5.74) is 2.57. The third-order valence-electron chi connectivity index (χ3n) is 3.29. The molecule has 1 unspecified atom stereocenters. The summed E-state index contributed by atoms with van der Waals surface area (Å²) in [6.45, 7) is 3.86. The number of halogens is 5. The van der Waals surface area contributed by atoms with E-state index in [4.69, 9.17) is 11.6 Å². The van der Waals surface area contributed by atoms with Crippen molar-refractivity contribution in [2.75, 3.05) is 0 Å². The van der Waals surface area contributed by atoms with Crippen molar-refractivity contribution >= 4 is 27.5 Å². The Balaban J connectivity index is 2.50. The van der Waals surface area contributed by atoms with Crippen LogP contribution in [-0.4, -0.2) is 0 Å². The predicted molar refractivity (Wildman–Crippen MR) is 82.8 cm³/mol. The van der Waals surface area contributed by atoms with Crippen molar-refractivity contribution in [2.24, 2.45) is 0 Å². The Labute approximate surface area is 135 Å². The van der Waals surface area contributed by atoms with E-state index in [1.807, 2.05) is 32.0 Å². The summed E-state index contributed by atoms with van der Waals surface area (Å²) in [4.78, 5) is 0. The third kappa shape index (κ3) is 3.61. The molecule has 0 nitrogen and oxygen atoms in total. The van der Waals surface area contributed by atoms with Crippen LogP contribution in [0.3, 0.4) is 0 Å². The molecule has 0 aliphatic rings. The van der Waals surface area contributed by atoms with Gasteiger partial charge < -0.3 is 0 Å². The lowest BCUT2D eigenvalue weighted by molar-refractivity contribution is -0.137. The van der Waals surface area contributed by atoms with Crippen molar-refractivity contribution in [3.63, 3.8) is 0 Å². The molecule has 0 bridgehead atoms. The highest BCUT2D eigenvalue weighted by Gasteiger charge is 2.31. The summed E-state index contributed by atoms with van der Waals surface area (Å²) in [5, 5.41) is -0.637. The van der Waals surface area contributed by atoms with Gasteiger partial charge in [-0.2, -0.15) is 13.2 Å². The molecule has 0 aliphatic carbocycles. The highest BCUT2D eigenvalue weighted by atomic mass is 79.9. The molecule has 0 heterocycles. The summed E-state index contributed by atoms with van der Waals surface area (Å²) < 4.78 is 39.1. The molecule has 0 N–H and O–H groups in total. The summed E-state index contributed by atoms with van der Waals surface area (Å²) in [6, 6.07) is 9.25. The maximum Gasteiger partial charge on any atom is 0.416 e. The van der Waals surface area contributed by atoms with Crippen LogP contribution in [0, 0.1) is 13.8 Å². The smallest absolute Gasteiger partial charge is 0.166 e. The topological polar surface area (TPSA) is 0 Å². The second kappa shape index (κ2) is 6.01. The van der Waals surface area contributed by atoms with Gasteiger partial charge in [0.05, 0.1) is 10.9 Å². The molecular weight excluding hydrogens is 365 g/mol. The fourth-order valence-corrected chi connectivity index (χ4v) is 3.22. The maximum atomic E-state index is 12.8. The van der Waals surface area contributed by atoms with E-state index < -0.39 is 17.1 Å². The molecule has 0 saturated carbocycles. The standard InChI is InChI=1S/C16H13BrClF3/c1-9-3-5-12(10(2)7-9)15(18)13-8-11(16(19,20)21)4-6-14(13)17/h3-8,15H,1-2H3. The van der Waals surface area contributed by atoms with Crippen LogP contribution in [0.5, 0.6) is 0 Å². The second-order valence-electron chi connectivity index (χ2n) is 4.96. The molecule has 112 valence electrons. The van der Waals surface area contributed by atoms with E-state index >= 15 is 0 Å². The summed E-state index contributed by atoms with van der Waals surface area (Å²) in [5.74, 6) is 0. The quantitative estimate of drug-likeness (QED) is 0.530. The normalized spacial score (nSPS) is 13.3. The van der Waals surface area contributed by atoms with E-state index in [1.165, 1.54) is 6.07 Å². The zero-order chi connectivity index (χ0) is 15.8. The maximum absolute atomic E-state index is 12.8. The van der Waals surface area contributed by atoms with Gasteiger partial charge in [0, 0.05) is 4.47 Å². The van der Waals surface area contributed by atoms with Crippen LogP contribution in [0.25, 0.3) is 0 Å². The minimum Gasteiger partial charge on any atom is -0.166 e. The van der Waals surface area contributed by atoms with Crippen LogP contribution in [0.4, 0.5) is 13.2 Å². The first-order valence-electron chi connectivity index (χ1n) is 6.28. The molecule has 1 atom stereocenters. The Bertz CT molecular complexity index is 665. The average molecular weight is 378 g/mol. The molecule has 0 radical (unpaired) electrons. The number of benzene rings is 2. The molecular formula is C16H13BrClF3. The fourth-order valence-electron chi connectivity index (χ4n) is 2.19. The largest absolute Gasteiger partial charge is 0.416 e. The van der Waals surface area contributed by atoms with Crippen molar-refractivity contribution in [1.82, 2.24) is 0 Å². The van der Waals surface area contributed by atoms with Crippen LogP contribution >= 0.6 is 27.5 Å². The van der Waals surface area contributed by atoms with E-state index in [-0.39, 0.29) is 0 Å². The van der Waals surface area contributed by atoms with Gasteiger partial charge in [-0.05, 0) is 48.7 Å². The Morgan fingerprint density at radius 3 is 2.24 bits per heavy atom. The Hall–Kier alpha value is -1.00. The Morgan fingerprint density at radius 1 is 1.00 bits per heavy atom. The van der Waals surface area contributed by atoms with Crippen LogP contribution in [-0.2, 0) is 6.18 Å². The molecule has 21 heavy (non-hydrogen) atoms. The number of hydrogen-bond donors (Lipinski definition) is 0. The third-order valence-corrected chi connectivity index (χ3v) is 4.49. The van der Waals surface area contributed by atoms with E-state index in [1.54, 1.807) is 0 Å². The van der Waals surface area contributed by atoms with Crippen LogP contribution < -0.4 is 0 Å². The summed E-state index contributed by atoms with van der Waals surface area (Å²) in [6.07, 6.45) is -4.38. The Morgan fingerprint density at radius 2 is 1.67 bits per heavy atom. The zero-order valence-corrected chi connectivity index (χ0v) is 13.8. The summed E-state index contributed by atoms with van der Waals surface area (Å²) >= 11 is 9.70. The number of aryl methyl sites for hydroxylation is 2. The van der Waals surface area contributed by atoms with Gasteiger partial charge in [-0.3, -0.25) is 0 Å². The number of rotatable bonds is 2. The van der Waals surface area contributed by atoms with Crippen LogP contribution in [0.2, 0.25) is 0 Å². The molecule has 2 rings (SSSR count). The molecule has 0 aromatic heterocycles. The Kier molecular flexibility index (Phi) is 4.69. The molecule has 0 fully saturated rings. The van der Waals surface area contributed by atoms with Gasteiger partial charge in [-0.15, -0.1) is 11.6 Å². The van der Waals surface area contributed by atoms with E-state index in [0.29, 0.717) is 10.0 Å². The van der Waals surface area contributed by atoms with Crippen molar-refractivity contribution in [3.05, 3.63) is 68.7 Å². The van der Waals surface area contributed by atoms with E-state index in [9.17, 15) is 13.2 Å². The highest BCUT2D eigenvalue weighted by molar-refractivity contribution is 9.10. The van der Waals surface area contributed by atoms with Gasteiger partial charge in [-0.25, -0.2) is 0 Å². The van der Waals surface area contributed by atoms with Gasteiger partial charge in [0.2, 0.25) is 0 Å². The minimum atomic E-state index is -4.38. The SMILES string of the molecule is Cc1ccc(C(Cl)c2cc(C(F)(F)F)ccc2Br)c(C)c1. The lowest BCUT2D eigenvalue weighted by Gasteiger charge is -2.17. The van der Waals surface area contributed by atoms with Gasteiger partial charge in [0.25, 0.3) is 0 Å². The molecule has 0 amide bonds. The van der Waals surface area contributed by atoms with E-state index in [0.717, 1.165) is 28.8 Å². The lowest BCUT2D eigenvalue weighted by Crippen LogP contribution is -2.07. The van der Waals surface area contributed by atoms with Gasteiger partial charge in [0.15, 0.2) is 0 Å². The van der Waals surface area contributed by atoms with Gasteiger partial charge in [0.1, 0.15) is 0 Å². The average Bonchev–Trinajstić information content (AvgIpc) is 2.37. The van der Waals surface area contributed by atoms with Gasteiger partial charge in [-0.1, -0.05) is 39.7 Å². The first-order valence-corrected chi connectivity index (χ1v) is 7.51. The zero-order valence-electron chi connectivity index (χ0n) is 11.4. The predicted octanol–water partition coefficient (Wildman–Crippen LogP) is 6.41. The second-order valence-corrected chi connectivity index (χ2v) is 6.25. The van der Waals surface area contributed by atoms with E-state index in [2.05, 4.69) is 15.9 Å². The number of hydrogen-bond acceptors (Lipinski definition) is 0. The molecule has 2 aromatic carbocycles. The van der Waals surface area contributed by atoms with Crippen LogP contribution in [0.1, 0.15) is 33.2 Å². The summed E-state index contributed by atoms with van der Waals surface area (Å²) in [7, 11) is 0. The molecule has 2 aromatic rings. The molecule has 0 saturated heterocycles. The van der Waals surface area contributed by atoms with Crippen molar-refractivity contribution < 1.29 is 13.2 Å². The highest BCUT2D eigenvalue weighted by Crippen LogP contribution is 2.39. The first-order chi connectivity index (χ1) is 9.70. The monoisotopic (exact) mass is 376 g/mol. The molecule has 0 aliphatic heterocycles. The van der Waals surface area contributed by atoms with Crippen molar-refractivity contribution in [3.8, 4) is 0 Å². The first kappa shape index (κ1) is 16.4. The molecule has 5 heteroatoms. The van der Waals surface area contributed by atoms with Crippen LogP contribution in [0.15, 0.2) is 40.9 Å². The van der Waals surface area contributed by atoms with Gasteiger partial charge >= 0.3 is 6.18 Å². The fraction of sp³-hybridized carbons (Fsp3) is 0.250.